The Balaban J connectivity index is 2.21. The first kappa shape index (κ1) is 10.1. The van der Waals surface area contributed by atoms with Gasteiger partial charge in [0.2, 0.25) is 0 Å². The first-order valence-electron chi connectivity index (χ1n) is 4.84. The fraction of sp³-hybridized carbons (Fsp3) is 0.0833. The van der Waals surface area contributed by atoms with Crippen molar-refractivity contribution in [1.82, 2.24) is 9.97 Å². The topological polar surface area (TPSA) is 61.6 Å². The van der Waals surface area contributed by atoms with Crippen LogP contribution in [0.4, 0.5) is 11.4 Å². The SMILES string of the molecule is Cc1ccc(Nc2ccnc(C#N)c2)cn1. The van der Waals surface area contributed by atoms with E-state index in [4.69, 9.17) is 5.26 Å². The third-order valence-corrected chi connectivity index (χ3v) is 2.07. The van der Waals surface area contributed by atoms with Gasteiger partial charge in [-0.05, 0) is 31.2 Å². The van der Waals surface area contributed by atoms with E-state index in [0.29, 0.717) is 5.69 Å². The first-order chi connectivity index (χ1) is 7.78. The monoisotopic (exact) mass is 210 g/mol. The van der Waals surface area contributed by atoms with Gasteiger partial charge in [-0.3, -0.25) is 4.98 Å². The molecule has 78 valence electrons. The second-order valence-corrected chi connectivity index (χ2v) is 3.35. The Hall–Kier alpha value is -2.41. The fourth-order valence-electron chi connectivity index (χ4n) is 1.28. The maximum atomic E-state index is 8.71. The molecule has 0 spiro atoms. The van der Waals surface area contributed by atoms with Crippen LogP contribution in [0.1, 0.15) is 11.4 Å². The van der Waals surface area contributed by atoms with Crippen LogP contribution in [0.2, 0.25) is 0 Å². The van der Waals surface area contributed by atoms with Crippen molar-refractivity contribution >= 4 is 11.4 Å². The Morgan fingerprint density at radius 1 is 1.19 bits per heavy atom. The summed E-state index contributed by atoms with van der Waals surface area (Å²) in [4.78, 5) is 8.07. The molecule has 0 amide bonds. The van der Waals surface area contributed by atoms with Crippen LogP contribution in [-0.4, -0.2) is 9.97 Å². The van der Waals surface area contributed by atoms with Gasteiger partial charge in [0.25, 0.3) is 0 Å². The van der Waals surface area contributed by atoms with Crippen LogP contribution in [0.3, 0.4) is 0 Å². The number of hydrogen-bond acceptors (Lipinski definition) is 4. The molecule has 4 nitrogen and oxygen atoms in total. The summed E-state index contributed by atoms with van der Waals surface area (Å²) in [5.41, 5.74) is 3.08. The highest BCUT2D eigenvalue weighted by molar-refractivity contribution is 5.59. The van der Waals surface area contributed by atoms with Crippen molar-refractivity contribution in [1.29, 1.82) is 5.26 Å². The van der Waals surface area contributed by atoms with Gasteiger partial charge in [0.15, 0.2) is 0 Å². The summed E-state index contributed by atoms with van der Waals surface area (Å²) in [5, 5.41) is 11.9. The van der Waals surface area contributed by atoms with E-state index in [2.05, 4.69) is 15.3 Å². The summed E-state index contributed by atoms with van der Waals surface area (Å²) in [6, 6.07) is 9.36. The summed E-state index contributed by atoms with van der Waals surface area (Å²) >= 11 is 0. The van der Waals surface area contributed by atoms with Gasteiger partial charge in [-0.1, -0.05) is 0 Å². The van der Waals surface area contributed by atoms with Crippen molar-refractivity contribution in [2.24, 2.45) is 0 Å². The smallest absolute Gasteiger partial charge is 0.142 e. The Morgan fingerprint density at radius 2 is 2.06 bits per heavy atom. The molecule has 0 saturated heterocycles. The average Bonchev–Trinajstić information content (AvgIpc) is 2.32. The third-order valence-electron chi connectivity index (χ3n) is 2.07. The van der Waals surface area contributed by atoms with Crippen LogP contribution < -0.4 is 5.32 Å². The Kier molecular flexibility index (Phi) is 2.79. The van der Waals surface area contributed by atoms with Crippen molar-refractivity contribution < 1.29 is 0 Å². The molecule has 1 N–H and O–H groups in total. The van der Waals surface area contributed by atoms with Crippen LogP contribution in [0.15, 0.2) is 36.7 Å². The number of nitrogens with one attached hydrogen (secondary N) is 1. The van der Waals surface area contributed by atoms with Crippen LogP contribution in [0, 0.1) is 18.3 Å². The molecule has 16 heavy (non-hydrogen) atoms. The normalized spacial score (nSPS) is 9.50. The summed E-state index contributed by atoms with van der Waals surface area (Å²) < 4.78 is 0. The zero-order chi connectivity index (χ0) is 11.4. The second-order valence-electron chi connectivity index (χ2n) is 3.35. The molecular weight excluding hydrogens is 200 g/mol. The minimum Gasteiger partial charge on any atom is -0.354 e. The zero-order valence-electron chi connectivity index (χ0n) is 8.81. The lowest BCUT2D eigenvalue weighted by Crippen LogP contribution is -1.93. The minimum atomic E-state index is 0.394. The number of hydrogen-bond donors (Lipinski definition) is 1. The second kappa shape index (κ2) is 4.41. The molecule has 2 rings (SSSR count). The zero-order valence-corrected chi connectivity index (χ0v) is 8.81. The highest BCUT2D eigenvalue weighted by atomic mass is 14.9. The minimum absolute atomic E-state index is 0.394. The largest absolute Gasteiger partial charge is 0.354 e. The standard InChI is InChI=1S/C12H10N4/c1-9-2-3-11(8-15-9)16-10-4-5-14-12(6-10)7-13/h2-6,8H,1H3,(H,14,16). The number of nitrogens with zero attached hydrogens (tertiary/aromatic N) is 3. The summed E-state index contributed by atoms with van der Waals surface area (Å²) in [6.45, 7) is 1.93. The van der Waals surface area contributed by atoms with Crippen molar-refractivity contribution in [2.75, 3.05) is 5.32 Å². The predicted octanol–water partition coefficient (Wildman–Crippen LogP) is 2.40. The molecule has 2 aromatic rings. The molecule has 0 atom stereocenters. The number of aryl methyl sites for hydroxylation is 1. The maximum absolute atomic E-state index is 8.71. The van der Waals surface area contributed by atoms with Gasteiger partial charge in [-0.2, -0.15) is 5.26 Å². The van der Waals surface area contributed by atoms with Gasteiger partial charge in [-0.25, -0.2) is 4.98 Å². The van der Waals surface area contributed by atoms with E-state index in [-0.39, 0.29) is 0 Å². The molecule has 0 bridgehead atoms. The summed E-state index contributed by atoms with van der Waals surface area (Å²) in [7, 11) is 0. The molecule has 2 heterocycles. The van der Waals surface area contributed by atoms with Crippen molar-refractivity contribution in [3.63, 3.8) is 0 Å². The van der Waals surface area contributed by atoms with Crippen molar-refractivity contribution in [2.45, 2.75) is 6.92 Å². The highest BCUT2D eigenvalue weighted by Gasteiger charge is 1.97. The highest BCUT2D eigenvalue weighted by Crippen LogP contribution is 2.15. The molecule has 0 radical (unpaired) electrons. The molecule has 2 aromatic heterocycles. The van der Waals surface area contributed by atoms with Crippen molar-refractivity contribution in [3.8, 4) is 6.07 Å². The molecule has 4 heteroatoms. The van der Waals surface area contributed by atoms with E-state index in [9.17, 15) is 0 Å². The number of rotatable bonds is 2. The number of anilines is 2. The maximum Gasteiger partial charge on any atom is 0.142 e. The molecule has 0 aliphatic heterocycles. The lowest BCUT2D eigenvalue weighted by Gasteiger charge is -2.05. The van der Waals surface area contributed by atoms with Crippen LogP contribution in [-0.2, 0) is 0 Å². The quantitative estimate of drug-likeness (QED) is 0.826. The Bertz CT molecular complexity index is 525. The van der Waals surface area contributed by atoms with E-state index in [1.165, 1.54) is 0 Å². The van der Waals surface area contributed by atoms with E-state index in [1.807, 2.05) is 25.1 Å². The van der Waals surface area contributed by atoms with E-state index in [0.717, 1.165) is 17.1 Å². The Morgan fingerprint density at radius 3 is 2.75 bits per heavy atom. The van der Waals surface area contributed by atoms with Crippen LogP contribution >= 0.6 is 0 Å². The molecule has 0 saturated carbocycles. The molecule has 0 aliphatic carbocycles. The molecule has 0 aromatic carbocycles. The van der Waals surface area contributed by atoms with Gasteiger partial charge < -0.3 is 5.32 Å². The van der Waals surface area contributed by atoms with E-state index < -0.39 is 0 Å². The lowest BCUT2D eigenvalue weighted by molar-refractivity contribution is 1.20. The molecular formula is C12H10N4. The van der Waals surface area contributed by atoms with Crippen molar-refractivity contribution in [3.05, 3.63) is 48.0 Å². The summed E-state index contributed by atoms with van der Waals surface area (Å²) in [6.07, 6.45) is 3.35. The Labute approximate surface area is 93.6 Å². The lowest BCUT2D eigenvalue weighted by atomic mass is 10.3. The fourth-order valence-corrected chi connectivity index (χ4v) is 1.28. The molecule has 0 aliphatic rings. The van der Waals surface area contributed by atoms with Crippen LogP contribution in [0.25, 0.3) is 0 Å². The van der Waals surface area contributed by atoms with E-state index >= 15 is 0 Å². The van der Waals surface area contributed by atoms with Gasteiger partial charge in [0.1, 0.15) is 11.8 Å². The van der Waals surface area contributed by atoms with Gasteiger partial charge in [0.05, 0.1) is 11.9 Å². The molecule has 0 fully saturated rings. The first-order valence-corrected chi connectivity index (χ1v) is 4.84. The third kappa shape index (κ3) is 2.34. The summed E-state index contributed by atoms with van der Waals surface area (Å²) in [5.74, 6) is 0. The number of aromatic nitrogens is 2. The van der Waals surface area contributed by atoms with Gasteiger partial charge in [-0.15, -0.1) is 0 Å². The van der Waals surface area contributed by atoms with Gasteiger partial charge in [0, 0.05) is 17.6 Å². The predicted molar refractivity (Wildman–Crippen MR) is 61.2 cm³/mol. The van der Waals surface area contributed by atoms with E-state index in [1.54, 1.807) is 24.5 Å². The number of nitriles is 1. The average molecular weight is 210 g/mol. The van der Waals surface area contributed by atoms with Crippen LogP contribution in [0.5, 0.6) is 0 Å². The number of pyridine rings is 2. The molecule has 0 unspecified atom stereocenters. The van der Waals surface area contributed by atoms with Gasteiger partial charge >= 0.3 is 0 Å².